The molecule has 2 rings (SSSR count). The van der Waals surface area contributed by atoms with E-state index in [-0.39, 0.29) is 6.42 Å². The highest BCUT2D eigenvalue weighted by molar-refractivity contribution is 5.69. The lowest BCUT2D eigenvalue weighted by molar-refractivity contribution is -0.136. The number of rotatable bonds is 4. The minimum atomic E-state index is -0.873. The van der Waals surface area contributed by atoms with Crippen molar-refractivity contribution in [2.45, 2.75) is 25.3 Å². The Morgan fingerprint density at radius 1 is 1.64 bits per heavy atom. The summed E-state index contributed by atoms with van der Waals surface area (Å²) in [4.78, 5) is 10.6. The molecule has 0 radical (unpaired) electrons. The van der Waals surface area contributed by atoms with E-state index in [0.717, 1.165) is 12.8 Å². The number of carboxylic acids is 1. The number of hydrogen-bond acceptors (Lipinski definition) is 4. The third kappa shape index (κ3) is 1.55. The molecule has 14 heavy (non-hydrogen) atoms. The number of carboxylic acid groups (broad SMARTS) is 1. The zero-order chi connectivity index (χ0) is 10.1. The first-order chi connectivity index (χ1) is 6.72. The smallest absolute Gasteiger partial charge is 0.311 e. The van der Waals surface area contributed by atoms with Gasteiger partial charge in [-0.25, -0.2) is 0 Å². The largest absolute Gasteiger partial charge is 0.481 e. The van der Waals surface area contributed by atoms with E-state index in [9.17, 15) is 4.79 Å². The van der Waals surface area contributed by atoms with E-state index in [1.54, 1.807) is 7.05 Å². The van der Waals surface area contributed by atoms with Crippen molar-refractivity contribution in [3.63, 3.8) is 0 Å². The molecule has 1 saturated carbocycles. The summed E-state index contributed by atoms with van der Waals surface area (Å²) >= 11 is 0. The predicted octanol–water partition coefficient (Wildman–Crippen LogP) is 0.282. The first-order valence-corrected chi connectivity index (χ1v) is 4.55. The number of anilines is 1. The highest BCUT2D eigenvalue weighted by Crippen LogP contribution is 2.37. The number of nitrogens with one attached hydrogen (secondary N) is 1. The molecule has 0 spiro atoms. The van der Waals surface area contributed by atoms with Crippen LogP contribution < -0.4 is 5.32 Å². The van der Waals surface area contributed by atoms with Crippen LogP contribution >= 0.6 is 0 Å². The minimum Gasteiger partial charge on any atom is -0.481 e. The van der Waals surface area contributed by atoms with Crippen molar-refractivity contribution in [1.29, 1.82) is 0 Å². The van der Waals surface area contributed by atoms with Crippen molar-refractivity contribution in [2.75, 3.05) is 12.4 Å². The fourth-order valence-electron chi connectivity index (χ4n) is 1.47. The van der Waals surface area contributed by atoms with E-state index in [0.29, 0.717) is 17.8 Å². The average Bonchev–Trinajstić information content (AvgIpc) is 2.88. The van der Waals surface area contributed by atoms with Crippen LogP contribution in [0.4, 0.5) is 5.95 Å². The van der Waals surface area contributed by atoms with Crippen LogP contribution in [-0.2, 0) is 11.2 Å². The molecule has 1 aromatic rings. The van der Waals surface area contributed by atoms with Gasteiger partial charge in [0.25, 0.3) is 0 Å². The first-order valence-electron chi connectivity index (χ1n) is 4.55. The molecule has 76 valence electrons. The summed E-state index contributed by atoms with van der Waals surface area (Å²) in [7, 11) is 1.76. The summed E-state index contributed by atoms with van der Waals surface area (Å²) < 4.78 is 1.88. The molecule has 0 bridgehead atoms. The Labute approximate surface area is 80.9 Å². The maximum absolute atomic E-state index is 10.6. The van der Waals surface area contributed by atoms with Crippen molar-refractivity contribution >= 4 is 11.9 Å². The number of aromatic nitrogens is 3. The van der Waals surface area contributed by atoms with Gasteiger partial charge in [0.1, 0.15) is 12.2 Å². The van der Waals surface area contributed by atoms with Crippen LogP contribution in [0.25, 0.3) is 0 Å². The summed E-state index contributed by atoms with van der Waals surface area (Å²) in [6, 6.07) is 0.391. The lowest BCUT2D eigenvalue weighted by Crippen LogP contribution is -2.10. The lowest BCUT2D eigenvalue weighted by Gasteiger charge is -2.06. The topological polar surface area (TPSA) is 80.0 Å². The van der Waals surface area contributed by atoms with Crippen LogP contribution in [-0.4, -0.2) is 32.9 Å². The van der Waals surface area contributed by atoms with E-state index in [1.165, 1.54) is 0 Å². The van der Waals surface area contributed by atoms with Crippen molar-refractivity contribution < 1.29 is 9.90 Å². The fraction of sp³-hybridized carbons (Fsp3) is 0.625. The zero-order valence-electron chi connectivity index (χ0n) is 7.90. The summed E-state index contributed by atoms with van der Waals surface area (Å²) in [5, 5.41) is 19.3. The van der Waals surface area contributed by atoms with Crippen molar-refractivity contribution in [3.05, 3.63) is 5.82 Å². The van der Waals surface area contributed by atoms with E-state index in [2.05, 4.69) is 15.5 Å². The zero-order valence-corrected chi connectivity index (χ0v) is 7.90. The predicted molar refractivity (Wildman–Crippen MR) is 49.2 cm³/mol. The van der Waals surface area contributed by atoms with Gasteiger partial charge < -0.3 is 10.4 Å². The van der Waals surface area contributed by atoms with E-state index in [1.807, 2.05) is 4.57 Å². The Hall–Kier alpha value is -1.59. The van der Waals surface area contributed by atoms with Crippen LogP contribution in [0, 0.1) is 0 Å². The molecule has 1 fully saturated rings. The minimum absolute atomic E-state index is 0.0643. The number of aliphatic carboxylic acids is 1. The van der Waals surface area contributed by atoms with Gasteiger partial charge in [-0.2, -0.15) is 0 Å². The maximum atomic E-state index is 10.6. The van der Waals surface area contributed by atoms with Crippen LogP contribution in [0.5, 0.6) is 0 Å². The van der Waals surface area contributed by atoms with E-state index in [4.69, 9.17) is 5.11 Å². The molecule has 6 nitrogen and oxygen atoms in total. The second-order valence-electron chi connectivity index (χ2n) is 3.36. The highest BCUT2D eigenvalue weighted by atomic mass is 16.4. The molecule has 1 aliphatic rings. The molecule has 0 atom stereocenters. The quantitative estimate of drug-likeness (QED) is 0.723. The molecule has 0 amide bonds. The molecule has 1 heterocycles. The molecule has 0 saturated heterocycles. The normalized spacial score (nSPS) is 15.5. The Morgan fingerprint density at radius 2 is 2.36 bits per heavy atom. The second-order valence-corrected chi connectivity index (χ2v) is 3.36. The van der Waals surface area contributed by atoms with Gasteiger partial charge in [-0.1, -0.05) is 0 Å². The highest BCUT2D eigenvalue weighted by Gasteiger charge is 2.29. The van der Waals surface area contributed by atoms with Crippen LogP contribution in [0.2, 0.25) is 0 Å². The number of nitrogens with zero attached hydrogens (tertiary/aromatic N) is 3. The van der Waals surface area contributed by atoms with E-state index < -0.39 is 5.97 Å². The van der Waals surface area contributed by atoms with Gasteiger partial charge in [0.2, 0.25) is 5.95 Å². The van der Waals surface area contributed by atoms with Gasteiger partial charge in [-0.15, -0.1) is 10.2 Å². The summed E-state index contributed by atoms with van der Waals surface area (Å²) in [5.41, 5.74) is 0. The second kappa shape index (κ2) is 3.28. The Kier molecular flexibility index (Phi) is 2.11. The van der Waals surface area contributed by atoms with Gasteiger partial charge in [0, 0.05) is 13.1 Å². The van der Waals surface area contributed by atoms with Crippen molar-refractivity contribution in [1.82, 2.24) is 14.8 Å². The van der Waals surface area contributed by atoms with Crippen molar-refractivity contribution in [2.24, 2.45) is 0 Å². The van der Waals surface area contributed by atoms with Gasteiger partial charge in [0.15, 0.2) is 0 Å². The third-order valence-electron chi connectivity index (χ3n) is 2.21. The molecule has 0 aromatic carbocycles. The molecule has 1 aromatic heterocycles. The SMILES string of the molecule is CNc1nnc(CC(=O)O)n1C1CC1. The molecule has 1 aliphatic carbocycles. The maximum Gasteiger partial charge on any atom is 0.311 e. The third-order valence-corrected chi connectivity index (χ3v) is 2.21. The first kappa shape index (κ1) is 8.98. The summed E-state index contributed by atoms with van der Waals surface area (Å²) in [6.45, 7) is 0. The fourth-order valence-corrected chi connectivity index (χ4v) is 1.47. The molecule has 0 unspecified atom stereocenters. The molecular formula is C8H12N4O2. The van der Waals surface area contributed by atoms with Crippen LogP contribution in [0.3, 0.4) is 0 Å². The average molecular weight is 196 g/mol. The lowest BCUT2D eigenvalue weighted by atomic mass is 10.4. The van der Waals surface area contributed by atoms with E-state index >= 15 is 0 Å². The Balaban J connectivity index is 2.29. The molecule has 0 aliphatic heterocycles. The van der Waals surface area contributed by atoms with Crippen LogP contribution in [0.1, 0.15) is 24.7 Å². The van der Waals surface area contributed by atoms with Crippen molar-refractivity contribution in [3.8, 4) is 0 Å². The summed E-state index contributed by atoms with van der Waals surface area (Å²) in [6.07, 6.45) is 2.10. The van der Waals surface area contributed by atoms with Crippen LogP contribution in [0.15, 0.2) is 0 Å². The Bertz CT molecular complexity index is 356. The monoisotopic (exact) mass is 196 g/mol. The van der Waals surface area contributed by atoms with Gasteiger partial charge >= 0.3 is 5.97 Å². The number of carbonyl (C=O) groups is 1. The van der Waals surface area contributed by atoms with Gasteiger partial charge in [-0.3, -0.25) is 9.36 Å². The molecular weight excluding hydrogens is 184 g/mol. The molecule has 2 N–H and O–H groups in total. The Morgan fingerprint density at radius 3 is 2.86 bits per heavy atom. The van der Waals surface area contributed by atoms with Gasteiger partial charge in [-0.05, 0) is 12.8 Å². The van der Waals surface area contributed by atoms with Gasteiger partial charge in [0.05, 0.1) is 0 Å². The summed E-state index contributed by atoms with van der Waals surface area (Å²) in [5.74, 6) is 0.315. The molecule has 6 heteroatoms. The standard InChI is InChI=1S/C8H12N4O2/c1-9-8-11-10-6(4-7(13)14)12(8)5-2-3-5/h5H,2-4H2,1H3,(H,9,11)(H,13,14). The number of hydrogen-bond donors (Lipinski definition) is 2.